The second-order valence-corrected chi connectivity index (χ2v) is 5.44. The fourth-order valence-corrected chi connectivity index (χ4v) is 2.28. The van der Waals surface area contributed by atoms with Gasteiger partial charge in [-0.15, -0.1) is 0 Å². The second kappa shape index (κ2) is 8.02. The molecule has 1 aliphatic heterocycles. The molecule has 134 valence electrons. The quantitative estimate of drug-likeness (QED) is 0.694. The number of hydrogen-bond donors (Lipinski definition) is 3. The number of fused-ring (bicyclic) bond motifs is 1. The molecule has 0 aromatic heterocycles. The highest BCUT2D eigenvalue weighted by Crippen LogP contribution is 2.32. The molecule has 3 amide bonds. The number of hydrazine groups is 1. The molecule has 26 heavy (non-hydrogen) atoms. The van der Waals surface area contributed by atoms with Crippen molar-refractivity contribution < 1.29 is 23.9 Å². The van der Waals surface area contributed by atoms with Crippen molar-refractivity contribution in [3.63, 3.8) is 0 Å². The summed E-state index contributed by atoms with van der Waals surface area (Å²) in [6.07, 6.45) is 0.0278. The summed E-state index contributed by atoms with van der Waals surface area (Å²) in [6.45, 7) is 0.269. The van der Waals surface area contributed by atoms with Crippen LogP contribution in [0.15, 0.2) is 48.5 Å². The minimum absolute atomic E-state index is 0.0278. The smallest absolute Gasteiger partial charge is 0.269 e. The van der Waals surface area contributed by atoms with E-state index in [1.54, 1.807) is 36.4 Å². The van der Waals surface area contributed by atoms with E-state index in [9.17, 15) is 14.4 Å². The van der Waals surface area contributed by atoms with Gasteiger partial charge in [0.2, 0.25) is 12.7 Å². The lowest BCUT2D eigenvalue weighted by Gasteiger charge is -2.08. The van der Waals surface area contributed by atoms with Crippen molar-refractivity contribution >= 4 is 17.7 Å². The largest absolute Gasteiger partial charge is 0.454 e. The summed E-state index contributed by atoms with van der Waals surface area (Å²) in [5.41, 5.74) is 5.46. The van der Waals surface area contributed by atoms with Crippen LogP contribution in [-0.2, 0) is 4.79 Å². The summed E-state index contributed by atoms with van der Waals surface area (Å²) >= 11 is 0. The Hall–Kier alpha value is -3.55. The molecule has 0 fully saturated rings. The van der Waals surface area contributed by atoms with Gasteiger partial charge in [-0.2, -0.15) is 0 Å². The van der Waals surface area contributed by atoms with Crippen molar-refractivity contribution in [1.29, 1.82) is 0 Å². The fourth-order valence-electron chi connectivity index (χ4n) is 2.28. The summed E-state index contributed by atoms with van der Waals surface area (Å²) in [5, 5.41) is 2.63. The topological polar surface area (TPSA) is 106 Å². The van der Waals surface area contributed by atoms with E-state index in [-0.39, 0.29) is 25.7 Å². The first-order chi connectivity index (χ1) is 12.6. The number of benzene rings is 2. The normalized spacial score (nSPS) is 11.5. The molecular weight excluding hydrogens is 338 g/mol. The van der Waals surface area contributed by atoms with E-state index in [0.717, 1.165) is 0 Å². The molecule has 3 rings (SSSR count). The van der Waals surface area contributed by atoms with Gasteiger partial charge in [0, 0.05) is 24.1 Å². The zero-order chi connectivity index (χ0) is 18.4. The monoisotopic (exact) mass is 355 g/mol. The predicted molar refractivity (Wildman–Crippen MR) is 91.6 cm³/mol. The van der Waals surface area contributed by atoms with E-state index in [1.807, 2.05) is 6.07 Å². The molecule has 0 atom stereocenters. The Morgan fingerprint density at radius 1 is 0.846 bits per heavy atom. The van der Waals surface area contributed by atoms with E-state index in [0.29, 0.717) is 22.6 Å². The van der Waals surface area contributed by atoms with Crippen LogP contribution in [0, 0.1) is 0 Å². The van der Waals surface area contributed by atoms with Crippen LogP contribution in [-0.4, -0.2) is 31.1 Å². The summed E-state index contributed by atoms with van der Waals surface area (Å²) in [4.78, 5) is 35.6. The highest BCUT2D eigenvalue weighted by atomic mass is 16.7. The van der Waals surface area contributed by atoms with E-state index in [1.165, 1.54) is 6.07 Å². The van der Waals surface area contributed by atoms with Gasteiger partial charge in [-0.25, -0.2) is 0 Å². The van der Waals surface area contributed by atoms with Crippen molar-refractivity contribution in [1.82, 2.24) is 16.2 Å². The lowest BCUT2D eigenvalue weighted by atomic mass is 10.2. The van der Waals surface area contributed by atoms with Crippen LogP contribution in [0.2, 0.25) is 0 Å². The summed E-state index contributed by atoms with van der Waals surface area (Å²) in [7, 11) is 0. The first-order valence-corrected chi connectivity index (χ1v) is 7.95. The Labute approximate surface area is 149 Å². The number of nitrogens with one attached hydrogen (secondary N) is 3. The molecule has 0 saturated carbocycles. The molecule has 0 spiro atoms. The average molecular weight is 355 g/mol. The lowest BCUT2D eigenvalue weighted by molar-refractivity contribution is -0.121. The van der Waals surface area contributed by atoms with Gasteiger partial charge in [-0.05, 0) is 30.3 Å². The molecular formula is C18H17N3O5. The molecule has 8 heteroatoms. The first-order valence-electron chi connectivity index (χ1n) is 7.95. The number of carbonyl (C=O) groups excluding carboxylic acids is 3. The number of hydrogen-bond acceptors (Lipinski definition) is 5. The van der Waals surface area contributed by atoms with Crippen LogP contribution in [0.1, 0.15) is 27.1 Å². The van der Waals surface area contributed by atoms with E-state index in [4.69, 9.17) is 9.47 Å². The highest BCUT2D eigenvalue weighted by Gasteiger charge is 2.16. The standard InChI is InChI=1S/C18H17N3O5/c22-16(8-9-19-17(23)12-4-2-1-3-5-12)20-21-18(24)13-6-7-14-15(10-13)26-11-25-14/h1-7,10H,8-9,11H2,(H,19,23)(H,20,22)(H,21,24). The fraction of sp³-hybridized carbons (Fsp3) is 0.167. The minimum atomic E-state index is -0.482. The van der Waals surface area contributed by atoms with Crippen LogP contribution in [0.5, 0.6) is 11.5 Å². The Balaban J connectivity index is 1.40. The zero-order valence-corrected chi connectivity index (χ0v) is 13.8. The molecule has 1 aliphatic rings. The average Bonchev–Trinajstić information content (AvgIpc) is 3.14. The molecule has 2 aromatic carbocycles. The Morgan fingerprint density at radius 2 is 1.62 bits per heavy atom. The van der Waals surface area contributed by atoms with Crippen LogP contribution >= 0.6 is 0 Å². The zero-order valence-electron chi connectivity index (χ0n) is 13.8. The molecule has 1 heterocycles. The number of ether oxygens (including phenoxy) is 2. The molecule has 3 N–H and O–H groups in total. The van der Waals surface area contributed by atoms with Crippen molar-refractivity contribution in [2.45, 2.75) is 6.42 Å². The second-order valence-electron chi connectivity index (χ2n) is 5.44. The van der Waals surface area contributed by atoms with E-state index < -0.39 is 11.8 Å². The Bertz CT molecular complexity index is 823. The van der Waals surface area contributed by atoms with Gasteiger partial charge in [-0.3, -0.25) is 25.2 Å². The Morgan fingerprint density at radius 3 is 2.42 bits per heavy atom. The van der Waals surface area contributed by atoms with Crippen LogP contribution in [0.4, 0.5) is 0 Å². The first kappa shape index (κ1) is 17.3. The predicted octanol–water partition coefficient (Wildman–Crippen LogP) is 0.996. The molecule has 0 radical (unpaired) electrons. The molecule has 0 bridgehead atoms. The van der Waals surface area contributed by atoms with E-state index in [2.05, 4.69) is 16.2 Å². The molecule has 0 aliphatic carbocycles. The molecule has 2 aromatic rings. The third kappa shape index (κ3) is 4.29. The van der Waals surface area contributed by atoms with Crippen molar-refractivity contribution in [3.05, 3.63) is 59.7 Å². The molecule has 0 saturated heterocycles. The maximum absolute atomic E-state index is 12.0. The lowest BCUT2D eigenvalue weighted by Crippen LogP contribution is -2.42. The maximum atomic E-state index is 12.0. The number of rotatable bonds is 5. The van der Waals surface area contributed by atoms with Crippen LogP contribution in [0.3, 0.4) is 0 Å². The van der Waals surface area contributed by atoms with Gasteiger partial charge in [-0.1, -0.05) is 18.2 Å². The minimum Gasteiger partial charge on any atom is -0.454 e. The molecule has 8 nitrogen and oxygen atoms in total. The Kier molecular flexibility index (Phi) is 5.33. The van der Waals surface area contributed by atoms with Crippen molar-refractivity contribution in [2.75, 3.05) is 13.3 Å². The third-order valence-electron chi connectivity index (χ3n) is 3.62. The van der Waals surface area contributed by atoms with Crippen molar-refractivity contribution in [3.8, 4) is 11.5 Å². The van der Waals surface area contributed by atoms with Crippen LogP contribution < -0.4 is 25.6 Å². The highest BCUT2D eigenvalue weighted by molar-refractivity contribution is 5.96. The summed E-state index contributed by atoms with van der Waals surface area (Å²) in [6, 6.07) is 13.4. The maximum Gasteiger partial charge on any atom is 0.269 e. The number of carbonyl (C=O) groups is 3. The summed E-state index contributed by atoms with van der Waals surface area (Å²) in [5.74, 6) is -0.118. The molecule has 0 unspecified atom stereocenters. The van der Waals surface area contributed by atoms with Crippen LogP contribution in [0.25, 0.3) is 0 Å². The number of amides is 3. The van der Waals surface area contributed by atoms with Gasteiger partial charge < -0.3 is 14.8 Å². The van der Waals surface area contributed by atoms with Gasteiger partial charge in [0.25, 0.3) is 11.8 Å². The summed E-state index contributed by atoms with van der Waals surface area (Å²) < 4.78 is 10.4. The van der Waals surface area contributed by atoms with Gasteiger partial charge in [0.05, 0.1) is 0 Å². The third-order valence-corrected chi connectivity index (χ3v) is 3.62. The van der Waals surface area contributed by atoms with Gasteiger partial charge in [0.1, 0.15) is 0 Å². The van der Waals surface area contributed by atoms with Gasteiger partial charge in [0.15, 0.2) is 11.5 Å². The SMILES string of the molecule is O=C(CCNC(=O)c1ccccc1)NNC(=O)c1ccc2c(c1)OCO2. The van der Waals surface area contributed by atoms with E-state index >= 15 is 0 Å². The van der Waals surface area contributed by atoms with Crippen molar-refractivity contribution in [2.24, 2.45) is 0 Å². The van der Waals surface area contributed by atoms with Gasteiger partial charge >= 0.3 is 0 Å².